The molecule has 0 bridgehead atoms. The first kappa shape index (κ1) is 16.4. The highest BCUT2D eigenvalue weighted by atomic mass is 79.9. The Bertz CT molecular complexity index is 549. The second kappa shape index (κ2) is 6.65. The number of rotatable bonds is 6. The molecule has 1 aromatic rings. The van der Waals surface area contributed by atoms with Gasteiger partial charge in [-0.25, -0.2) is 17.5 Å². The largest absolute Gasteiger partial charge is 0.396 e. The molecule has 19 heavy (non-hydrogen) atoms. The average Bonchev–Trinajstić information content (AvgIpc) is 2.29. The van der Waals surface area contributed by atoms with Gasteiger partial charge in [-0.15, -0.1) is 0 Å². The van der Waals surface area contributed by atoms with Crippen LogP contribution < -0.4 is 10.5 Å². The topological polar surface area (TPSA) is 92.4 Å². The molecule has 0 saturated carbocycles. The molecule has 0 aliphatic rings. The number of sulfonamides is 1. The molecular weight excluding hydrogens is 339 g/mol. The van der Waals surface area contributed by atoms with Crippen molar-refractivity contribution in [2.24, 2.45) is 0 Å². The number of aliphatic hydroxyl groups is 1. The highest BCUT2D eigenvalue weighted by Gasteiger charge is 2.19. The molecule has 1 unspecified atom stereocenters. The van der Waals surface area contributed by atoms with Gasteiger partial charge in [-0.3, -0.25) is 0 Å². The molecule has 0 radical (unpaired) electrons. The van der Waals surface area contributed by atoms with Gasteiger partial charge in [0.2, 0.25) is 10.0 Å². The maximum Gasteiger partial charge on any atom is 0.241 e. The number of aliphatic hydroxyl groups excluding tert-OH is 1. The van der Waals surface area contributed by atoms with Gasteiger partial charge in [-0.2, -0.15) is 0 Å². The summed E-state index contributed by atoms with van der Waals surface area (Å²) in [5.74, 6) is -0.681. The third kappa shape index (κ3) is 4.72. The van der Waals surface area contributed by atoms with E-state index in [-0.39, 0.29) is 21.6 Å². The molecule has 108 valence electrons. The van der Waals surface area contributed by atoms with Crippen molar-refractivity contribution >= 4 is 31.6 Å². The molecule has 0 aliphatic carbocycles. The van der Waals surface area contributed by atoms with Crippen molar-refractivity contribution in [1.29, 1.82) is 0 Å². The fourth-order valence-electron chi connectivity index (χ4n) is 1.43. The maximum absolute atomic E-state index is 13.1. The monoisotopic (exact) mass is 354 g/mol. The van der Waals surface area contributed by atoms with Crippen molar-refractivity contribution in [1.82, 2.24) is 4.72 Å². The molecule has 0 fully saturated rings. The zero-order valence-corrected chi connectivity index (χ0v) is 12.8. The Labute approximate surface area is 120 Å². The lowest BCUT2D eigenvalue weighted by atomic mass is 10.2. The van der Waals surface area contributed by atoms with E-state index in [1.165, 1.54) is 0 Å². The van der Waals surface area contributed by atoms with E-state index in [9.17, 15) is 12.8 Å². The molecule has 0 spiro atoms. The quantitative estimate of drug-likeness (QED) is 0.534. The summed E-state index contributed by atoms with van der Waals surface area (Å²) in [6, 6.07) is 2.08. The molecule has 0 aliphatic heterocycles. The van der Waals surface area contributed by atoms with Crippen molar-refractivity contribution in [2.75, 3.05) is 12.3 Å². The molecule has 0 heterocycles. The number of hydrogen-bond acceptors (Lipinski definition) is 4. The molecule has 1 atom stereocenters. The first-order valence-electron chi connectivity index (χ1n) is 5.66. The van der Waals surface area contributed by atoms with Crippen LogP contribution in [0.4, 0.5) is 10.1 Å². The van der Waals surface area contributed by atoms with Crippen molar-refractivity contribution < 1.29 is 17.9 Å². The van der Waals surface area contributed by atoms with Crippen LogP contribution in [0.15, 0.2) is 21.5 Å². The summed E-state index contributed by atoms with van der Waals surface area (Å²) in [6.07, 6.45) is 0.526. The fourth-order valence-corrected chi connectivity index (χ4v) is 3.55. The number of nitrogens with two attached hydrogens (primary N) is 1. The van der Waals surface area contributed by atoms with Gasteiger partial charge in [0.25, 0.3) is 0 Å². The number of hydrogen-bond donors (Lipinski definition) is 3. The van der Waals surface area contributed by atoms with E-state index in [1.807, 2.05) is 0 Å². The van der Waals surface area contributed by atoms with E-state index in [1.54, 1.807) is 6.92 Å². The van der Waals surface area contributed by atoms with Crippen LogP contribution in [0.3, 0.4) is 0 Å². The zero-order chi connectivity index (χ0) is 14.6. The van der Waals surface area contributed by atoms with Crippen LogP contribution in [0.1, 0.15) is 19.8 Å². The molecular formula is C11H16BrFN2O3S. The number of anilines is 1. The Morgan fingerprint density at radius 2 is 2.16 bits per heavy atom. The average molecular weight is 355 g/mol. The maximum atomic E-state index is 13.1. The van der Waals surface area contributed by atoms with Crippen LogP contribution >= 0.6 is 15.9 Å². The van der Waals surface area contributed by atoms with Crippen molar-refractivity contribution in [3.8, 4) is 0 Å². The summed E-state index contributed by atoms with van der Waals surface area (Å²) in [5, 5.41) is 9.07. The van der Waals surface area contributed by atoms with Crippen molar-refractivity contribution in [2.45, 2.75) is 30.8 Å². The van der Waals surface area contributed by atoms with Crippen LogP contribution in [-0.2, 0) is 10.0 Å². The Balaban J connectivity index is 2.80. The number of nitrogens with one attached hydrogen (secondary N) is 1. The van der Waals surface area contributed by atoms with E-state index in [4.69, 9.17) is 10.8 Å². The second-order valence-corrected chi connectivity index (χ2v) is 6.78. The molecule has 1 aromatic carbocycles. The highest BCUT2D eigenvalue weighted by Crippen LogP contribution is 2.26. The van der Waals surface area contributed by atoms with Crippen LogP contribution in [0.25, 0.3) is 0 Å². The van der Waals surface area contributed by atoms with Crippen molar-refractivity contribution in [3.63, 3.8) is 0 Å². The van der Waals surface area contributed by atoms with Gasteiger partial charge in [0.05, 0.1) is 16.7 Å². The van der Waals surface area contributed by atoms with Gasteiger partial charge < -0.3 is 10.8 Å². The van der Waals surface area contributed by atoms with E-state index >= 15 is 0 Å². The predicted molar refractivity (Wildman–Crippen MR) is 74.6 cm³/mol. The SMILES string of the molecule is CC(O)CCCNS(=O)(=O)c1cc(N)c(F)cc1Br. The number of halogens is 2. The number of benzene rings is 1. The summed E-state index contributed by atoms with van der Waals surface area (Å²) in [7, 11) is -3.75. The summed E-state index contributed by atoms with van der Waals surface area (Å²) >= 11 is 2.99. The lowest BCUT2D eigenvalue weighted by Crippen LogP contribution is -2.26. The third-order valence-electron chi connectivity index (χ3n) is 2.43. The fraction of sp³-hybridized carbons (Fsp3) is 0.455. The van der Waals surface area contributed by atoms with Crippen molar-refractivity contribution in [3.05, 3.63) is 22.4 Å². The van der Waals surface area contributed by atoms with Crippen LogP contribution in [0.5, 0.6) is 0 Å². The molecule has 0 amide bonds. The van der Waals surface area contributed by atoms with Gasteiger partial charge in [0, 0.05) is 11.0 Å². The molecule has 5 nitrogen and oxygen atoms in total. The smallest absolute Gasteiger partial charge is 0.241 e. The van der Waals surface area contributed by atoms with Gasteiger partial charge in [0.15, 0.2) is 0 Å². The Morgan fingerprint density at radius 3 is 2.74 bits per heavy atom. The van der Waals surface area contributed by atoms with Gasteiger partial charge in [-0.05, 0) is 47.8 Å². The highest BCUT2D eigenvalue weighted by molar-refractivity contribution is 9.10. The summed E-state index contributed by atoms with van der Waals surface area (Å²) in [4.78, 5) is -0.108. The summed E-state index contributed by atoms with van der Waals surface area (Å²) in [5.41, 5.74) is 5.13. The standard InChI is InChI=1S/C11H16BrFN2O3S/c1-7(16)3-2-4-15-19(17,18)11-6-10(14)9(13)5-8(11)12/h5-7,15-16H,2-4,14H2,1H3. The number of nitrogen functional groups attached to an aromatic ring is 1. The zero-order valence-electron chi connectivity index (χ0n) is 10.4. The summed E-state index contributed by atoms with van der Waals surface area (Å²) < 4.78 is 39.6. The molecule has 0 aromatic heterocycles. The predicted octanol–water partition coefficient (Wildman–Crippen LogP) is 1.61. The third-order valence-corrected chi connectivity index (χ3v) is 4.85. The molecule has 1 rings (SSSR count). The van der Waals surface area contributed by atoms with E-state index < -0.39 is 21.9 Å². The summed E-state index contributed by atoms with van der Waals surface area (Å²) in [6.45, 7) is 1.82. The van der Waals surface area contributed by atoms with Gasteiger partial charge in [0.1, 0.15) is 5.82 Å². The molecule has 4 N–H and O–H groups in total. The van der Waals surface area contributed by atoms with Gasteiger partial charge in [-0.1, -0.05) is 0 Å². The first-order chi connectivity index (χ1) is 8.74. The molecule has 0 saturated heterocycles. The Kier molecular flexibility index (Phi) is 5.72. The minimum atomic E-state index is -3.75. The van der Waals surface area contributed by atoms with E-state index in [0.29, 0.717) is 12.8 Å². The minimum Gasteiger partial charge on any atom is -0.396 e. The van der Waals surface area contributed by atoms with Crippen LogP contribution in [0, 0.1) is 5.82 Å². The van der Waals surface area contributed by atoms with Crippen LogP contribution in [-0.4, -0.2) is 26.2 Å². The first-order valence-corrected chi connectivity index (χ1v) is 7.94. The van der Waals surface area contributed by atoms with E-state index in [0.717, 1.165) is 12.1 Å². The minimum absolute atomic E-state index is 0.108. The Morgan fingerprint density at radius 1 is 1.53 bits per heavy atom. The van der Waals surface area contributed by atoms with Crippen LogP contribution in [0.2, 0.25) is 0 Å². The van der Waals surface area contributed by atoms with Gasteiger partial charge >= 0.3 is 0 Å². The van der Waals surface area contributed by atoms with E-state index in [2.05, 4.69) is 20.7 Å². The lowest BCUT2D eigenvalue weighted by Gasteiger charge is -2.10. The Hall–Kier alpha value is -0.700. The normalized spacial score (nSPS) is 13.5. The lowest BCUT2D eigenvalue weighted by molar-refractivity contribution is 0.182. The second-order valence-electron chi connectivity index (χ2n) is 4.19. The molecule has 8 heteroatoms.